The van der Waals surface area contributed by atoms with Crippen molar-refractivity contribution in [3.63, 3.8) is 0 Å². The van der Waals surface area contributed by atoms with Crippen LogP contribution in [0.1, 0.15) is 56.6 Å². The van der Waals surface area contributed by atoms with Crippen molar-refractivity contribution in [2.24, 2.45) is 5.92 Å². The quantitative estimate of drug-likeness (QED) is 0.503. The maximum absolute atomic E-state index is 12.9. The van der Waals surface area contributed by atoms with Crippen LogP contribution >= 0.6 is 0 Å². The molecule has 0 bridgehead atoms. The van der Waals surface area contributed by atoms with Crippen LogP contribution in [0, 0.1) is 5.92 Å². The third kappa shape index (κ3) is 4.81. The lowest BCUT2D eigenvalue weighted by molar-refractivity contribution is -0.142. The summed E-state index contributed by atoms with van der Waals surface area (Å²) in [6, 6.07) is 5.50. The highest BCUT2D eigenvalue weighted by Gasteiger charge is 2.27. The first-order valence-corrected chi connectivity index (χ1v) is 11.6. The largest absolute Gasteiger partial charge is 0.481 e. The highest BCUT2D eigenvalue weighted by atomic mass is 16.5. The Bertz CT molecular complexity index is 1050. The van der Waals surface area contributed by atoms with Crippen LogP contribution in [-0.4, -0.2) is 43.1 Å². The minimum absolute atomic E-state index is 0.0524. The lowest BCUT2D eigenvalue weighted by atomic mass is 9.91. The molecule has 1 aromatic carbocycles. The zero-order chi connectivity index (χ0) is 22.7. The molecule has 7 heteroatoms. The Morgan fingerprint density at radius 1 is 1.16 bits per heavy atom. The van der Waals surface area contributed by atoms with Gasteiger partial charge in [-0.25, -0.2) is 4.79 Å². The normalized spacial score (nSPS) is 17.6. The molecule has 1 aliphatic carbocycles. The number of piperidine rings is 1. The molecule has 2 heterocycles. The number of methoxy groups -OCH3 is 1. The summed E-state index contributed by atoms with van der Waals surface area (Å²) in [5, 5.41) is 0.958. The van der Waals surface area contributed by atoms with Crippen molar-refractivity contribution in [3.8, 4) is 5.75 Å². The van der Waals surface area contributed by atoms with E-state index in [-0.39, 0.29) is 17.5 Å². The third-order valence-electron chi connectivity index (χ3n) is 6.77. The van der Waals surface area contributed by atoms with Gasteiger partial charge in [0.05, 0.1) is 7.11 Å². The van der Waals surface area contributed by atoms with Crippen LogP contribution in [0.3, 0.4) is 0 Å². The van der Waals surface area contributed by atoms with E-state index >= 15 is 0 Å². The van der Waals surface area contributed by atoms with Gasteiger partial charge in [0.1, 0.15) is 11.3 Å². The van der Waals surface area contributed by atoms with Gasteiger partial charge in [0.15, 0.2) is 6.10 Å². The van der Waals surface area contributed by atoms with Gasteiger partial charge in [-0.2, -0.15) is 0 Å². The van der Waals surface area contributed by atoms with E-state index in [1.165, 1.54) is 7.11 Å². The Morgan fingerprint density at radius 2 is 1.88 bits per heavy atom. The maximum atomic E-state index is 12.9. The molecule has 1 fully saturated rings. The van der Waals surface area contributed by atoms with Crippen molar-refractivity contribution in [2.45, 2.75) is 64.4 Å². The van der Waals surface area contributed by atoms with Crippen molar-refractivity contribution >= 4 is 22.8 Å². The summed E-state index contributed by atoms with van der Waals surface area (Å²) in [5.74, 6) is 0.717. The number of rotatable bonds is 6. The Kier molecular flexibility index (Phi) is 6.82. The summed E-state index contributed by atoms with van der Waals surface area (Å²) in [6.07, 6.45) is 6.11. The third-order valence-corrected chi connectivity index (χ3v) is 6.77. The molecule has 0 N–H and O–H groups in total. The van der Waals surface area contributed by atoms with Crippen molar-refractivity contribution in [2.75, 3.05) is 20.2 Å². The van der Waals surface area contributed by atoms with E-state index in [1.807, 2.05) is 17.0 Å². The van der Waals surface area contributed by atoms with Crippen molar-refractivity contribution in [3.05, 3.63) is 39.7 Å². The lowest BCUT2D eigenvalue weighted by Crippen LogP contribution is -2.44. The molecule has 4 rings (SSSR count). The molecule has 1 aliphatic heterocycles. The van der Waals surface area contributed by atoms with Crippen LogP contribution in [0.4, 0.5) is 0 Å². The van der Waals surface area contributed by atoms with Gasteiger partial charge in [-0.05, 0) is 75.5 Å². The van der Waals surface area contributed by atoms with Gasteiger partial charge < -0.3 is 18.8 Å². The van der Waals surface area contributed by atoms with Gasteiger partial charge in [-0.3, -0.25) is 9.59 Å². The number of aryl methyl sites for hydroxylation is 1. The number of nitrogens with zero attached hydrogens (tertiary/aromatic N) is 1. The first-order chi connectivity index (χ1) is 15.5. The molecule has 7 nitrogen and oxygen atoms in total. The molecule has 1 atom stereocenters. The number of carbonyl (C=O) groups is 2. The molecule has 2 aliphatic rings. The van der Waals surface area contributed by atoms with Crippen LogP contribution in [0.25, 0.3) is 11.0 Å². The van der Waals surface area contributed by atoms with Crippen LogP contribution in [0.2, 0.25) is 0 Å². The van der Waals surface area contributed by atoms with E-state index in [9.17, 15) is 14.4 Å². The fourth-order valence-corrected chi connectivity index (χ4v) is 4.88. The SMILES string of the molecule is COC(=O)CCC1CCN(C(=O)C(C)Oc2ccc3c4c(c(=O)oc3c2)CCCC4)CC1. The Hall–Kier alpha value is -2.83. The molecule has 1 aromatic heterocycles. The number of hydrogen-bond donors (Lipinski definition) is 0. The van der Waals surface area contributed by atoms with Crippen LogP contribution < -0.4 is 10.4 Å². The number of esters is 1. The van der Waals surface area contributed by atoms with Gasteiger partial charge in [-0.15, -0.1) is 0 Å². The Morgan fingerprint density at radius 3 is 2.59 bits per heavy atom. The second-order valence-electron chi connectivity index (χ2n) is 8.86. The zero-order valence-corrected chi connectivity index (χ0v) is 18.9. The molecular weight excluding hydrogens is 410 g/mol. The lowest BCUT2D eigenvalue weighted by Gasteiger charge is -2.33. The van der Waals surface area contributed by atoms with Crippen LogP contribution in [-0.2, 0) is 27.2 Å². The number of likely N-dealkylation sites (tertiary alicyclic amines) is 1. The maximum Gasteiger partial charge on any atom is 0.339 e. The zero-order valence-electron chi connectivity index (χ0n) is 18.9. The van der Waals surface area contributed by atoms with E-state index in [0.29, 0.717) is 36.8 Å². The molecule has 2 aromatic rings. The standard InChI is InChI=1S/C25H31NO6/c1-16(24(28)26-13-11-17(12-14-26)7-10-23(27)30-2)31-18-8-9-20-19-5-3-4-6-21(19)25(29)32-22(20)15-18/h8-9,15-17H,3-7,10-14H2,1-2H3. The highest BCUT2D eigenvalue weighted by Crippen LogP contribution is 2.30. The first-order valence-electron chi connectivity index (χ1n) is 11.6. The molecule has 1 saturated heterocycles. The monoisotopic (exact) mass is 441 g/mol. The van der Waals surface area contributed by atoms with Crippen LogP contribution in [0.15, 0.2) is 27.4 Å². The molecule has 1 amide bonds. The number of hydrogen-bond acceptors (Lipinski definition) is 6. The fraction of sp³-hybridized carbons (Fsp3) is 0.560. The summed E-state index contributed by atoms with van der Waals surface area (Å²) in [6.45, 7) is 3.08. The molecule has 32 heavy (non-hydrogen) atoms. The van der Waals surface area contributed by atoms with E-state index in [0.717, 1.165) is 61.5 Å². The predicted molar refractivity (Wildman–Crippen MR) is 120 cm³/mol. The first kappa shape index (κ1) is 22.4. The highest BCUT2D eigenvalue weighted by molar-refractivity contribution is 5.84. The van der Waals surface area contributed by atoms with Crippen molar-refractivity contribution < 1.29 is 23.5 Å². The molecule has 0 spiro atoms. The summed E-state index contributed by atoms with van der Waals surface area (Å²) >= 11 is 0. The van der Waals surface area contributed by atoms with E-state index in [4.69, 9.17) is 13.9 Å². The average molecular weight is 442 g/mol. The number of ether oxygens (including phenoxy) is 2. The number of fused-ring (bicyclic) bond motifs is 3. The average Bonchev–Trinajstić information content (AvgIpc) is 2.82. The number of amides is 1. The van der Waals surface area contributed by atoms with E-state index in [2.05, 4.69) is 0 Å². The smallest absolute Gasteiger partial charge is 0.339 e. The Balaban J connectivity index is 1.37. The predicted octanol–water partition coefficient (Wildman–Crippen LogP) is 3.63. The minimum Gasteiger partial charge on any atom is -0.481 e. The van der Waals surface area contributed by atoms with Crippen LogP contribution in [0.5, 0.6) is 5.75 Å². The molecule has 172 valence electrons. The van der Waals surface area contributed by atoms with E-state index < -0.39 is 6.10 Å². The summed E-state index contributed by atoms with van der Waals surface area (Å²) in [5.41, 5.74) is 2.15. The second kappa shape index (κ2) is 9.76. The molecule has 0 saturated carbocycles. The summed E-state index contributed by atoms with van der Waals surface area (Å²) in [7, 11) is 1.40. The Labute approximate surface area is 187 Å². The van der Waals surface area contributed by atoms with Gasteiger partial charge in [0.2, 0.25) is 0 Å². The second-order valence-corrected chi connectivity index (χ2v) is 8.86. The minimum atomic E-state index is -0.636. The van der Waals surface area contributed by atoms with Crippen molar-refractivity contribution in [1.82, 2.24) is 4.90 Å². The van der Waals surface area contributed by atoms with E-state index in [1.54, 1.807) is 13.0 Å². The molecule has 0 radical (unpaired) electrons. The topological polar surface area (TPSA) is 86.0 Å². The van der Waals surface area contributed by atoms with Gasteiger partial charge >= 0.3 is 11.6 Å². The van der Waals surface area contributed by atoms with Crippen molar-refractivity contribution in [1.29, 1.82) is 0 Å². The van der Waals surface area contributed by atoms with Gasteiger partial charge in [0.25, 0.3) is 5.91 Å². The molecule has 1 unspecified atom stereocenters. The van der Waals surface area contributed by atoms with Gasteiger partial charge in [0, 0.05) is 36.5 Å². The fourth-order valence-electron chi connectivity index (χ4n) is 4.88. The number of carbonyl (C=O) groups excluding carboxylic acids is 2. The molecular formula is C25H31NO6. The number of benzene rings is 1. The summed E-state index contributed by atoms with van der Waals surface area (Å²) < 4.78 is 16.2. The van der Waals surface area contributed by atoms with Gasteiger partial charge in [-0.1, -0.05) is 0 Å². The summed E-state index contributed by atoms with van der Waals surface area (Å²) in [4.78, 5) is 38.4.